The van der Waals surface area contributed by atoms with Gasteiger partial charge in [-0.15, -0.1) is 0 Å². The molecular formula is C28H23ClF2N2O. The monoisotopic (exact) mass is 476 g/mol. The van der Waals surface area contributed by atoms with Crippen molar-refractivity contribution < 1.29 is 13.6 Å². The number of amides is 1. The summed E-state index contributed by atoms with van der Waals surface area (Å²) in [4.78, 5) is 16.3. The van der Waals surface area contributed by atoms with Crippen molar-refractivity contribution in [2.24, 2.45) is 0 Å². The summed E-state index contributed by atoms with van der Waals surface area (Å²) in [7, 11) is 0. The number of anilines is 1. The van der Waals surface area contributed by atoms with Gasteiger partial charge >= 0.3 is 0 Å². The van der Waals surface area contributed by atoms with Crippen LogP contribution in [0, 0.1) is 0 Å². The van der Waals surface area contributed by atoms with Crippen LogP contribution in [0.5, 0.6) is 0 Å². The van der Waals surface area contributed by atoms with Crippen LogP contribution in [0.3, 0.4) is 0 Å². The van der Waals surface area contributed by atoms with Crippen LogP contribution < -0.4 is 5.32 Å². The minimum absolute atomic E-state index is 0.0853. The van der Waals surface area contributed by atoms with Crippen LogP contribution in [-0.2, 0) is 10.7 Å². The second kappa shape index (κ2) is 9.74. The van der Waals surface area contributed by atoms with Crippen LogP contribution in [0.25, 0.3) is 33.5 Å². The largest absolute Gasteiger partial charge is 0.326 e. The van der Waals surface area contributed by atoms with E-state index in [0.717, 1.165) is 22.4 Å². The van der Waals surface area contributed by atoms with Gasteiger partial charge in [-0.25, -0.2) is 8.78 Å². The smallest absolute Gasteiger partial charge is 0.273 e. The first-order valence-corrected chi connectivity index (χ1v) is 11.3. The molecule has 3 aromatic carbocycles. The number of nitrogens with zero attached hydrogens (tertiary/aromatic N) is 1. The molecule has 0 spiro atoms. The third kappa shape index (κ3) is 5.00. The first-order valence-electron chi connectivity index (χ1n) is 10.9. The molecule has 172 valence electrons. The summed E-state index contributed by atoms with van der Waals surface area (Å²) >= 11 is 6.04. The molecule has 1 N–H and O–H groups in total. The van der Waals surface area contributed by atoms with Gasteiger partial charge in [-0.3, -0.25) is 9.78 Å². The average Bonchev–Trinajstić information content (AvgIpc) is 2.84. The summed E-state index contributed by atoms with van der Waals surface area (Å²) in [6, 6.07) is 23.3. The summed E-state index contributed by atoms with van der Waals surface area (Å²) in [5, 5.41) is 3.40. The molecule has 0 atom stereocenters. The van der Waals surface area contributed by atoms with Gasteiger partial charge in [0.1, 0.15) is 0 Å². The van der Waals surface area contributed by atoms with Crippen molar-refractivity contribution in [3.63, 3.8) is 0 Å². The first-order chi connectivity index (χ1) is 16.3. The van der Waals surface area contributed by atoms with E-state index in [0.29, 0.717) is 21.8 Å². The zero-order chi connectivity index (χ0) is 24.3. The standard InChI is InChI=1S/C28H23ClF2N2O/c1-3-28(30,31)22-12-15-26(33-18(2)34)25(17-22)20-6-8-21(9-7-20)27-24(5-4-16-32-27)19-10-13-23(29)14-11-19/h4-17H,3H2,1-2H3,(H,33,34). The maximum atomic E-state index is 14.4. The Morgan fingerprint density at radius 1 is 0.912 bits per heavy atom. The molecule has 0 unspecified atom stereocenters. The van der Waals surface area contributed by atoms with Gasteiger partial charge in [0.15, 0.2) is 0 Å². The molecule has 0 aliphatic carbocycles. The molecule has 34 heavy (non-hydrogen) atoms. The number of carbonyl (C=O) groups excluding carboxylic acids is 1. The lowest BCUT2D eigenvalue weighted by atomic mass is 9.95. The minimum Gasteiger partial charge on any atom is -0.326 e. The Morgan fingerprint density at radius 2 is 1.53 bits per heavy atom. The highest BCUT2D eigenvalue weighted by molar-refractivity contribution is 6.30. The van der Waals surface area contributed by atoms with Gasteiger partial charge in [-0.05, 0) is 41.5 Å². The molecule has 0 radical (unpaired) electrons. The molecule has 0 aliphatic heterocycles. The Kier molecular flexibility index (Phi) is 6.75. The van der Waals surface area contributed by atoms with Gasteiger partial charge in [0, 0.05) is 52.5 Å². The molecule has 1 heterocycles. The quantitative estimate of drug-likeness (QED) is 0.304. The van der Waals surface area contributed by atoms with E-state index in [-0.39, 0.29) is 17.9 Å². The van der Waals surface area contributed by atoms with E-state index in [1.165, 1.54) is 32.0 Å². The Bertz CT molecular complexity index is 1320. The van der Waals surface area contributed by atoms with Gasteiger partial charge in [-0.1, -0.05) is 67.1 Å². The number of carbonyl (C=O) groups is 1. The van der Waals surface area contributed by atoms with Gasteiger partial charge in [0.25, 0.3) is 5.92 Å². The van der Waals surface area contributed by atoms with Crippen molar-refractivity contribution in [3.05, 3.63) is 95.6 Å². The maximum Gasteiger partial charge on any atom is 0.273 e. The zero-order valence-corrected chi connectivity index (χ0v) is 19.5. The van der Waals surface area contributed by atoms with Crippen LogP contribution in [0.15, 0.2) is 85.1 Å². The summed E-state index contributed by atoms with van der Waals surface area (Å²) in [5.74, 6) is -3.22. The lowest BCUT2D eigenvalue weighted by Crippen LogP contribution is -2.13. The number of rotatable bonds is 6. The predicted octanol–water partition coefficient (Wildman–Crippen LogP) is 8.20. The summed E-state index contributed by atoms with van der Waals surface area (Å²) in [6.45, 7) is 2.84. The number of pyridine rings is 1. The minimum atomic E-state index is -2.95. The first kappa shape index (κ1) is 23.6. The number of hydrogen-bond donors (Lipinski definition) is 1. The maximum absolute atomic E-state index is 14.4. The molecule has 4 aromatic rings. The lowest BCUT2D eigenvalue weighted by molar-refractivity contribution is -0.114. The van der Waals surface area contributed by atoms with Gasteiger partial charge in [0.05, 0.1) is 5.69 Å². The van der Waals surface area contributed by atoms with Crippen LogP contribution in [0.1, 0.15) is 25.8 Å². The molecule has 1 amide bonds. The number of nitrogens with one attached hydrogen (secondary N) is 1. The molecule has 4 rings (SSSR count). The Labute approximate surface area is 202 Å². The van der Waals surface area contributed by atoms with E-state index in [4.69, 9.17) is 11.6 Å². The van der Waals surface area contributed by atoms with Crippen molar-refractivity contribution in [1.82, 2.24) is 4.98 Å². The Balaban J connectivity index is 1.76. The van der Waals surface area contributed by atoms with Crippen LogP contribution >= 0.6 is 11.6 Å². The summed E-state index contributed by atoms with van der Waals surface area (Å²) < 4.78 is 28.8. The second-order valence-corrected chi connectivity index (χ2v) is 8.42. The molecule has 1 aromatic heterocycles. The van der Waals surface area contributed by atoms with Crippen molar-refractivity contribution in [2.75, 3.05) is 5.32 Å². The van der Waals surface area contributed by atoms with Crippen molar-refractivity contribution in [1.29, 1.82) is 0 Å². The van der Waals surface area contributed by atoms with E-state index in [1.807, 2.05) is 60.7 Å². The summed E-state index contributed by atoms with van der Waals surface area (Å²) in [6.07, 6.45) is 1.42. The fraction of sp³-hybridized carbons (Fsp3) is 0.143. The molecule has 3 nitrogen and oxygen atoms in total. The van der Waals surface area contributed by atoms with Crippen LogP contribution in [-0.4, -0.2) is 10.9 Å². The van der Waals surface area contributed by atoms with Gasteiger partial charge in [0.2, 0.25) is 5.91 Å². The lowest BCUT2D eigenvalue weighted by Gasteiger charge is -2.18. The molecule has 0 fully saturated rings. The van der Waals surface area contributed by atoms with E-state index in [9.17, 15) is 13.6 Å². The highest BCUT2D eigenvalue weighted by Gasteiger charge is 2.29. The zero-order valence-electron chi connectivity index (χ0n) is 18.8. The third-order valence-corrected chi connectivity index (χ3v) is 5.88. The Morgan fingerprint density at radius 3 is 2.18 bits per heavy atom. The van der Waals surface area contributed by atoms with E-state index < -0.39 is 5.92 Å². The molecule has 0 aliphatic rings. The molecule has 0 bridgehead atoms. The predicted molar refractivity (Wildman–Crippen MR) is 134 cm³/mol. The molecule has 0 saturated heterocycles. The average molecular weight is 477 g/mol. The van der Waals surface area contributed by atoms with E-state index >= 15 is 0 Å². The Hall–Kier alpha value is -3.57. The third-order valence-electron chi connectivity index (χ3n) is 5.63. The fourth-order valence-corrected chi connectivity index (χ4v) is 3.94. The highest BCUT2D eigenvalue weighted by Crippen LogP contribution is 2.38. The second-order valence-electron chi connectivity index (χ2n) is 7.98. The van der Waals surface area contributed by atoms with Crippen LogP contribution in [0.2, 0.25) is 5.02 Å². The van der Waals surface area contributed by atoms with Gasteiger partial charge in [-0.2, -0.15) is 0 Å². The fourth-order valence-electron chi connectivity index (χ4n) is 3.82. The SMILES string of the molecule is CCC(F)(F)c1ccc(NC(C)=O)c(-c2ccc(-c3ncccc3-c3ccc(Cl)cc3)cc2)c1. The van der Waals surface area contributed by atoms with Crippen molar-refractivity contribution in [3.8, 4) is 33.5 Å². The number of hydrogen-bond acceptors (Lipinski definition) is 2. The van der Waals surface area contributed by atoms with Gasteiger partial charge < -0.3 is 5.32 Å². The molecule has 6 heteroatoms. The molecular weight excluding hydrogens is 454 g/mol. The number of benzene rings is 3. The van der Waals surface area contributed by atoms with E-state index in [2.05, 4.69) is 10.3 Å². The van der Waals surface area contributed by atoms with Crippen molar-refractivity contribution in [2.45, 2.75) is 26.2 Å². The van der Waals surface area contributed by atoms with Crippen molar-refractivity contribution >= 4 is 23.2 Å². The molecule has 0 saturated carbocycles. The number of aromatic nitrogens is 1. The topological polar surface area (TPSA) is 42.0 Å². The van der Waals surface area contributed by atoms with E-state index in [1.54, 1.807) is 6.20 Å². The highest BCUT2D eigenvalue weighted by atomic mass is 35.5. The van der Waals surface area contributed by atoms with Crippen LogP contribution in [0.4, 0.5) is 14.5 Å². The number of halogens is 3. The number of alkyl halides is 2. The summed E-state index contributed by atoms with van der Waals surface area (Å²) in [5.41, 5.74) is 5.26. The normalized spacial score (nSPS) is 11.3.